The molecular formula is C38H26BrN. The van der Waals surface area contributed by atoms with Gasteiger partial charge in [-0.2, -0.15) is 0 Å². The second-order valence-electron chi connectivity index (χ2n) is 9.99. The molecule has 0 heterocycles. The molecule has 0 aromatic heterocycles. The number of rotatable bonds is 5. The lowest BCUT2D eigenvalue weighted by molar-refractivity contribution is 1.29. The quantitative estimate of drug-likeness (QED) is 0.184. The van der Waals surface area contributed by atoms with Crippen molar-refractivity contribution in [2.45, 2.75) is 0 Å². The molecule has 40 heavy (non-hydrogen) atoms. The zero-order valence-electron chi connectivity index (χ0n) is 21.8. The standard InChI is InChI=1S/C38H26BrN/c39-33-18-12-28(13-19-33)30-16-22-35(23-17-30)40(34-20-14-29(15-21-34)27-6-2-1-3-7-27)36-24-25-38-32(26-36)11-10-31-8-4-5-9-37(31)38/h1-26H. The van der Waals surface area contributed by atoms with Gasteiger partial charge in [-0.15, -0.1) is 0 Å². The van der Waals surface area contributed by atoms with Gasteiger partial charge in [0.1, 0.15) is 0 Å². The summed E-state index contributed by atoms with van der Waals surface area (Å²) >= 11 is 3.54. The molecule has 7 rings (SSSR count). The third-order valence-corrected chi connectivity index (χ3v) is 8.05. The molecule has 0 unspecified atom stereocenters. The summed E-state index contributed by atoms with van der Waals surface area (Å²) < 4.78 is 1.09. The molecule has 7 aromatic rings. The Balaban J connectivity index is 1.33. The zero-order chi connectivity index (χ0) is 26.9. The molecule has 0 aliphatic rings. The molecule has 0 fully saturated rings. The fourth-order valence-corrected chi connectivity index (χ4v) is 5.73. The summed E-state index contributed by atoms with van der Waals surface area (Å²) in [5, 5.41) is 5.05. The number of benzene rings is 7. The monoisotopic (exact) mass is 575 g/mol. The fraction of sp³-hybridized carbons (Fsp3) is 0. The predicted octanol–water partition coefficient (Wildman–Crippen LogP) is 11.6. The van der Waals surface area contributed by atoms with E-state index in [1.54, 1.807) is 0 Å². The third kappa shape index (κ3) is 4.68. The Morgan fingerprint density at radius 2 is 0.825 bits per heavy atom. The van der Waals surface area contributed by atoms with Crippen LogP contribution in [-0.2, 0) is 0 Å². The summed E-state index contributed by atoms with van der Waals surface area (Å²) in [4.78, 5) is 2.34. The van der Waals surface area contributed by atoms with Crippen LogP contribution in [0.2, 0.25) is 0 Å². The molecule has 0 aliphatic heterocycles. The lowest BCUT2D eigenvalue weighted by Crippen LogP contribution is -2.09. The first-order chi connectivity index (χ1) is 19.7. The summed E-state index contributed by atoms with van der Waals surface area (Å²) in [7, 11) is 0. The minimum atomic E-state index is 1.09. The van der Waals surface area contributed by atoms with Crippen molar-refractivity contribution in [3.05, 3.63) is 162 Å². The third-order valence-electron chi connectivity index (χ3n) is 7.52. The van der Waals surface area contributed by atoms with Crippen molar-refractivity contribution in [1.29, 1.82) is 0 Å². The summed E-state index contributed by atoms with van der Waals surface area (Å²) in [5.41, 5.74) is 8.19. The average Bonchev–Trinajstić information content (AvgIpc) is 3.02. The van der Waals surface area contributed by atoms with E-state index in [-0.39, 0.29) is 0 Å². The zero-order valence-corrected chi connectivity index (χ0v) is 23.4. The first-order valence-electron chi connectivity index (χ1n) is 13.5. The van der Waals surface area contributed by atoms with E-state index in [9.17, 15) is 0 Å². The van der Waals surface area contributed by atoms with Gasteiger partial charge in [-0.05, 0) is 92.3 Å². The van der Waals surface area contributed by atoms with Crippen LogP contribution in [0.15, 0.2) is 162 Å². The van der Waals surface area contributed by atoms with Crippen molar-refractivity contribution in [3.63, 3.8) is 0 Å². The largest absolute Gasteiger partial charge is 0.310 e. The van der Waals surface area contributed by atoms with Gasteiger partial charge in [0.15, 0.2) is 0 Å². The number of hydrogen-bond donors (Lipinski definition) is 0. The minimum Gasteiger partial charge on any atom is -0.310 e. The van der Waals surface area contributed by atoms with Crippen LogP contribution >= 0.6 is 15.9 Å². The lowest BCUT2D eigenvalue weighted by atomic mass is 10.0. The van der Waals surface area contributed by atoms with E-state index in [1.165, 1.54) is 43.8 Å². The SMILES string of the molecule is Brc1ccc(-c2ccc(N(c3ccc(-c4ccccc4)cc3)c3ccc4c(ccc5ccccc54)c3)cc2)cc1. The number of halogens is 1. The van der Waals surface area contributed by atoms with Crippen molar-refractivity contribution in [2.24, 2.45) is 0 Å². The lowest BCUT2D eigenvalue weighted by Gasteiger charge is -2.26. The van der Waals surface area contributed by atoms with Gasteiger partial charge in [-0.25, -0.2) is 0 Å². The first-order valence-corrected chi connectivity index (χ1v) is 14.3. The van der Waals surface area contributed by atoms with Gasteiger partial charge in [-0.1, -0.05) is 125 Å². The highest BCUT2D eigenvalue weighted by Gasteiger charge is 2.14. The average molecular weight is 577 g/mol. The van der Waals surface area contributed by atoms with Gasteiger partial charge in [0.2, 0.25) is 0 Å². The van der Waals surface area contributed by atoms with Crippen molar-refractivity contribution in [3.8, 4) is 22.3 Å². The van der Waals surface area contributed by atoms with Crippen LogP contribution < -0.4 is 4.90 Å². The van der Waals surface area contributed by atoms with Crippen LogP contribution in [0, 0.1) is 0 Å². The summed E-state index contributed by atoms with van der Waals surface area (Å²) in [6.45, 7) is 0. The number of fused-ring (bicyclic) bond motifs is 3. The fourth-order valence-electron chi connectivity index (χ4n) is 5.47. The number of hydrogen-bond acceptors (Lipinski definition) is 1. The Hall–Kier alpha value is -4.66. The normalized spacial score (nSPS) is 11.1. The molecule has 0 spiro atoms. The maximum Gasteiger partial charge on any atom is 0.0468 e. The predicted molar refractivity (Wildman–Crippen MR) is 175 cm³/mol. The smallest absolute Gasteiger partial charge is 0.0468 e. The van der Waals surface area contributed by atoms with Gasteiger partial charge in [-0.3, -0.25) is 0 Å². The number of anilines is 3. The molecule has 0 N–H and O–H groups in total. The van der Waals surface area contributed by atoms with Crippen LogP contribution in [0.3, 0.4) is 0 Å². The molecule has 1 nitrogen and oxygen atoms in total. The van der Waals surface area contributed by atoms with Crippen LogP contribution in [0.1, 0.15) is 0 Å². The van der Waals surface area contributed by atoms with Gasteiger partial charge in [0.25, 0.3) is 0 Å². The summed E-state index contributed by atoms with van der Waals surface area (Å²) in [5.74, 6) is 0. The molecule has 7 aromatic carbocycles. The highest BCUT2D eigenvalue weighted by atomic mass is 79.9. The minimum absolute atomic E-state index is 1.09. The van der Waals surface area contributed by atoms with E-state index >= 15 is 0 Å². The van der Waals surface area contributed by atoms with Crippen LogP contribution in [0.5, 0.6) is 0 Å². The van der Waals surface area contributed by atoms with Gasteiger partial charge < -0.3 is 4.90 Å². The summed E-state index contributed by atoms with van der Waals surface area (Å²) in [6, 6.07) is 56.5. The Morgan fingerprint density at radius 3 is 1.48 bits per heavy atom. The van der Waals surface area contributed by atoms with E-state index in [0.717, 1.165) is 21.5 Å². The molecule has 0 amide bonds. The summed E-state index contributed by atoms with van der Waals surface area (Å²) in [6.07, 6.45) is 0. The van der Waals surface area contributed by atoms with Gasteiger partial charge in [0.05, 0.1) is 0 Å². The molecule has 190 valence electrons. The van der Waals surface area contributed by atoms with Crippen LogP contribution in [-0.4, -0.2) is 0 Å². The first kappa shape index (κ1) is 24.4. The van der Waals surface area contributed by atoms with Crippen molar-refractivity contribution in [2.75, 3.05) is 4.90 Å². The van der Waals surface area contributed by atoms with E-state index in [0.29, 0.717) is 0 Å². The maximum atomic E-state index is 3.54. The highest BCUT2D eigenvalue weighted by Crippen LogP contribution is 2.39. The molecule has 0 aliphatic carbocycles. The van der Waals surface area contributed by atoms with Gasteiger partial charge >= 0.3 is 0 Å². The maximum absolute atomic E-state index is 3.54. The molecule has 0 saturated carbocycles. The van der Waals surface area contributed by atoms with Crippen molar-refractivity contribution in [1.82, 2.24) is 0 Å². The van der Waals surface area contributed by atoms with E-state index in [2.05, 4.69) is 179 Å². The second-order valence-corrected chi connectivity index (χ2v) is 10.9. The Morgan fingerprint density at radius 1 is 0.350 bits per heavy atom. The van der Waals surface area contributed by atoms with E-state index in [4.69, 9.17) is 0 Å². The molecule has 0 saturated heterocycles. The number of nitrogens with zero attached hydrogens (tertiary/aromatic N) is 1. The molecule has 0 bridgehead atoms. The van der Waals surface area contributed by atoms with Crippen LogP contribution in [0.4, 0.5) is 17.1 Å². The Bertz CT molecular complexity index is 1920. The Labute approximate surface area is 243 Å². The molecular weight excluding hydrogens is 550 g/mol. The Kier molecular flexibility index (Phi) is 6.39. The van der Waals surface area contributed by atoms with Crippen molar-refractivity contribution >= 4 is 54.5 Å². The van der Waals surface area contributed by atoms with Crippen LogP contribution in [0.25, 0.3) is 43.8 Å². The van der Waals surface area contributed by atoms with E-state index < -0.39 is 0 Å². The highest BCUT2D eigenvalue weighted by molar-refractivity contribution is 9.10. The molecule has 0 radical (unpaired) electrons. The van der Waals surface area contributed by atoms with Crippen molar-refractivity contribution < 1.29 is 0 Å². The van der Waals surface area contributed by atoms with E-state index in [1.807, 2.05) is 0 Å². The topological polar surface area (TPSA) is 3.24 Å². The van der Waals surface area contributed by atoms with Gasteiger partial charge in [0, 0.05) is 21.5 Å². The second kappa shape index (κ2) is 10.5. The molecule has 0 atom stereocenters. The molecule has 2 heteroatoms.